The van der Waals surface area contributed by atoms with Crippen LogP contribution in [0.1, 0.15) is 30.5 Å². The van der Waals surface area contributed by atoms with Crippen molar-refractivity contribution in [2.75, 3.05) is 20.7 Å². The largest absolute Gasteiger partial charge is 0.493 e. The predicted octanol–water partition coefficient (Wildman–Crippen LogP) is 3.94. The molecule has 0 spiro atoms. The second-order valence-corrected chi connectivity index (χ2v) is 5.67. The summed E-state index contributed by atoms with van der Waals surface area (Å²) in [6, 6.07) is 2.04. The second-order valence-electron chi connectivity index (χ2n) is 5.67. The molecule has 0 aliphatic carbocycles. The number of amides is 1. The molecule has 0 aliphatic heterocycles. The van der Waals surface area contributed by atoms with Gasteiger partial charge in [-0.3, -0.25) is 4.79 Å². The highest BCUT2D eigenvalue weighted by Gasteiger charge is 2.17. The predicted molar refractivity (Wildman–Crippen MR) is 89.2 cm³/mol. The normalized spacial score (nSPS) is 11.8. The summed E-state index contributed by atoms with van der Waals surface area (Å²) in [4.78, 5) is 13.5. The number of aryl methyl sites for hydroxylation is 2. The van der Waals surface area contributed by atoms with E-state index in [2.05, 4.69) is 0 Å². The van der Waals surface area contributed by atoms with E-state index < -0.39 is 0 Å². The van der Waals surface area contributed by atoms with Crippen molar-refractivity contribution in [2.24, 2.45) is 0 Å². The molecule has 2 rings (SSSR count). The smallest absolute Gasteiger partial charge is 0.246 e. The maximum Gasteiger partial charge on any atom is 0.246 e. The third kappa shape index (κ3) is 2.86. The third-order valence-electron chi connectivity index (χ3n) is 3.73. The molecule has 1 heterocycles. The molecular weight excluding hydrogens is 278 g/mol. The van der Waals surface area contributed by atoms with Crippen molar-refractivity contribution in [3.05, 3.63) is 35.1 Å². The van der Waals surface area contributed by atoms with E-state index in [-0.39, 0.29) is 5.91 Å². The van der Waals surface area contributed by atoms with Crippen LogP contribution >= 0.6 is 0 Å². The zero-order valence-electron chi connectivity index (χ0n) is 14.1. The van der Waals surface area contributed by atoms with Gasteiger partial charge in [0.15, 0.2) is 0 Å². The van der Waals surface area contributed by atoms with Crippen LogP contribution in [0.4, 0.5) is 0 Å². The Hall–Kier alpha value is -2.23. The molecule has 4 nitrogen and oxygen atoms in total. The molecule has 0 bridgehead atoms. The monoisotopic (exact) mass is 301 g/mol. The van der Waals surface area contributed by atoms with E-state index >= 15 is 0 Å². The van der Waals surface area contributed by atoms with Crippen molar-refractivity contribution in [1.82, 2.24) is 4.90 Å². The first-order valence-corrected chi connectivity index (χ1v) is 7.41. The number of rotatable bonds is 4. The molecule has 0 aliphatic rings. The Morgan fingerprint density at radius 1 is 1.36 bits per heavy atom. The number of carbonyl (C=O) groups is 1. The fourth-order valence-corrected chi connectivity index (χ4v) is 2.45. The molecule has 2 aromatic rings. The summed E-state index contributed by atoms with van der Waals surface area (Å²) < 4.78 is 11.5. The molecule has 0 radical (unpaired) electrons. The molecule has 0 atom stereocenters. The van der Waals surface area contributed by atoms with Crippen molar-refractivity contribution in [3.8, 4) is 5.75 Å². The average Bonchev–Trinajstić information content (AvgIpc) is 2.83. The summed E-state index contributed by atoms with van der Waals surface area (Å²) in [7, 11) is 3.48. The highest BCUT2D eigenvalue weighted by Crippen LogP contribution is 2.37. The van der Waals surface area contributed by atoms with Gasteiger partial charge < -0.3 is 14.1 Å². The molecule has 0 saturated carbocycles. The van der Waals surface area contributed by atoms with Gasteiger partial charge in [-0.25, -0.2) is 0 Å². The lowest BCUT2D eigenvalue weighted by Crippen LogP contribution is -2.19. The Morgan fingerprint density at radius 3 is 2.64 bits per heavy atom. The molecule has 0 unspecified atom stereocenters. The number of likely N-dealkylation sites (N-methyl/N-ethyl adjacent to an activating group) is 1. The maximum atomic E-state index is 12.0. The van der Waals surface area contributed by atoms with Gasteiger partial charge in [0, 0.05) is 36.7 Å². The summed E-state index contributed by atoms with van der Waals surface area (Å²) in [5, 5.41) is 1.06. The standard InChI is InChI=1S/C18H23NO3/c1-7-21-17-13(4)18-15(12(3)10-22-18)9-14(17)11(2)8-16(20)19(5)6/h8-10H,7H2,1-6H3/b11-8+. The van der Waals surface area contributed by atoms with E-state index in [1.54, 1.807) is 31.3 Å². The number of hydrogen-bond acceptors (Lipinski definition) is 3. The van der Waals surface area contributed by atoms with E-state index in [1.165, 1.54) is 0 Å². The van der Waals surface area contributed by atoms with Gasteiger partial charge in [-0.2, -0.15) is 0 Å². The van der Waals surface area contributed by atoms with Crippen LogP contribution in [0.15, 0.2) is 22.8 Å². The van der Waals surface area contributed by atoms with E-state index in [1.807, 2.05) is 33.8 Å². The topological polar surface area (TPSA) is 42.7 Å². The van der Waals surface area contributed by atoms with Crippen LogP contribution in [-0.4, -0.2) is 31.5 Å². The van der Waals surface area contributed by atoms with Crippen LogP contribution in [0, 0.1) is 13.8 Å². The molecule has 1 amide bonds. The molecule has 22 heavy (non-hydrogen) atoms. The maximum absolute atomic E-state index is 12.0. The van der Waals surface area contributed by atoms with Crippen LogP contribution in [-0.2, 0) is 4.79 Å². The third-order valence-corrected chi connectivity index (χ3v) is 3.73. The number of ether oxygens (including phenoxy) is 1. The Labute approximate surface area is 131 Å². The van der Waals surface area contributed by atoms with Crippen LogP contribution in [0.3, 0.4) is 0 Å². The summed E-state index contributed by atoms with van der Waals surface area (Å²) in [5.74, 6) is 0.742. The Kier molecular flexibility index (Phi) is 4.59. The fourth-order valence-electron chi connectivity index (χ4n) is 2.45. The number of fused-ring (bicyclic) bond motifs is 1. The quantitative estimate of drug-likeness (QED) is 0.803. The molecule has 0 saturated heterocycles. The van der Waals surface area contributed by atoms with Crippen LogP contribution in [0.25, 0.3) is 16.5 Å². The minimum atomic E-state index is -0.0402. The number of benzene rings is 1. The summed E-state index contributed by atoms with van der Waals surface area (Å²) >= 11 is 0. The van der Waals surface area contributed by atoms with E-state index in [0.29, 0.717) is 6.61 Å². The molecule has 4 heteroatoms. The van der Waals surface area contributed by atoms with Crippen molar-refractivity contribution >= 4 is 22.4 Å². The van der Waals surface area contributed by atoms with Gasteiger partial charge in [-0.05, 0) is 44.9 Å². The molecule has 0 fully saturated rings. The van der Waals surface area contributed by atoms with Crippen LogP contribution in [0.2, 0.25) is 0 Å². The summed E-state index contributed by atoms with van der Waals surface area (Å²) in [5.41, 5.74) is 4.71. The second kappa shape index (κ2) is 6.26. The van der Waals surface area contributed by atoms with E-state index in [0.717, 1.165) is 39.0 Å². The zero-order valence-corrected chi connectivity index (χ0v) is 14.1. The van der Waals surface area contributed by atoms with E-state index in [9.17, 15) is 4.79 Å². The molecule has 118 valence electrons. The first-order chi connectivity index (χ1) is 10.4. The van der Waals surface area contributed by atoms with Gasteiger partial charge >= 0.3 is 0 Å². The minimum Gasteiger partial charge on any atom is -0.493 e. The number of furan rings is 1. The number of nitrogens with zero attached hydrogens (tertiary/aromatic N) is 1. The Bertz CT molecular complexity index is 738. The molecule has 1 aromatic heterocycles. The highest BCUT2D eigenvalue weighted by atomic mass is 16.5. The SMILES string of the molecule is CCOc1c(/C(C)=C/C(=O)N(C)C)cc2c(C)coc2c1C. The fraction of sp³-hybridized carbons (Fsp3) is 0.389. The van der Waals surface area contributed by atoms with Crippen molar-refractivity contribution in [3.63, 3.8) is 0 Å². The van der Waals surface area contributed by atoms with Gasteiger partial charge in [0.05, 0.1) is 12.9 Å². The first-order valence-electron chi connectivity index (χ1n) is 7.41. The highest BCUT2D eigenvalue weighted by molar-refractivity contribution is 5.98. The zero-order chi connectivity index (χ0) is 16.4. The number of allylic oxidation sites excluding steroid dienone is 1. The van der Waals surface area contributed by atoms with Gasteiger partial charge in [0.25, 0.3) is 0 Å². The van der Waals surface area contributed by atoms with Crippen LogP contribution in [0.5, 0.6) is 5.75 Å². The average molecular weight is 301 g/mol. The van der Waals surface area contributed by atoms with Gasteiger partial charge in [-0.1, -0.05) is 0 Å². The Balaban J connectivity index is 2.67. The lowest BCUT2D eigenvalue weighted by molar-refractivity contribution is -0.123. The van der Waals surface area contributed by atoms with Crippen LogP contribution < -0.4 is 4.74 Å². The summed E-state index contributed by atoms with van der Waals surface area (Å²) in [6.45, 7) is 8.44. The van der Waals surface area contributed by atoms with Crippen molar-refractivity contribution in [2.45, 2.75) is 27.7 Å². The molecular formula is C18H23NO3. The lowest BCUT2D eigenvalue weighted by Gasteiger charge is -2.15. The van der Waals surface area contributed by atoms with Gasteiger partial charge in [0.2, 0.25) is 5.91 Å². The van der Waals surface area contributed by atoms with E-state index in [4.69, 9.17) is 9.15 Å². The molecule has 0 N–H and O–H groups in total. The number of hydrogen-bond donors (Lipinski definition) is 0. The van der Waals surface area contributed by atoms with Gasteiger partial charge in [0.1, 0.15) is 11.3 Å². The molecule has 1 aromatic carbocycles. The van der Waals surface area contributed by atoms with Gasteiger partial charge in [-0.15, -0.1) is 0 Å². The minimum absolute atomic E-state index is 0.0402. The lowest BCUT2D eigenvalue weighted by atomic mass is 9.98. The Morgan fingerprint density at radius 2 is 2.05 bits per heavy atom. The summed E-state index contributed by atoms with van der Waals surface area (Å²) in [6.07, 6.45) is 3.39. The first kappa shape index (κ1) is 16.1. The number of carbonyl (C=O) groups excluding carboxylic acids is 1. The van der Waals surface area contributed by atoms with Crippen molar-refractivity contribution < 1.29 is 13.9 Å². The van der Waals surface area contributed by atoms with Crippen molar-refractivity contribution in [1.29, 1.82) is 0 Å².